The van der Waals surface area contributed by atoms with Gasteiger partial charge < -0.3 is 14.8 Å². The van der Waals surface area contributed by atoms with E-state index >= 15 is 0 Å². The first kappa shape index (κ1) is 18.8. The second-order valence-electron chi connectivity index (χ2n) is 5.23. The maximum absolute atomic E-state index is 14.6. The van der Waals surface area contributed by atoms with Crippen LogP contribution in [0.15, 0.2) is 0 Å². The van der Waals surface area contributed by atoms with Gasteiger partial charge in [0, 0.05) is 6.04 Å². The van der Waals surface area contributed by atoms with Gasteiger partial charge in [-0.15, -0.1) is 0 Å². The van der Waals surface area contributed by atoms with Crippen LogP contribution in [0.4, 0.5) is 18.9 Å². The van der Waals surface area contributed by atoms with E-state index in [-0.39, 0.29) is 5.92 Å². The Kier molecular flexibility index (Phi) is 6.00. The van der Waals surface area contributed by atoms with Crippen LogP contribution in [-0.2, 0) is 9.47 Å². The van der Waals surface area contributed by atoms with Crippen molar-refractivity contribution in [1.29, 1.82) is 0 Å². The lowest BCUT2D eigenvalue weighted by Crippen LogP contribution is -2.26. The summed E-state index contributed by atoms with van der Waals surface area (Å²) in [4.78, 5) is 23.3. The summed E-state index contributed by atoms with van der Waals surface area (Å²) in [5, 5.41) is 2.47. The standard InChI is InChI=1S/C15H18F3NO4/c1-6(2)7(3)19-13-11(17)9(15(21)23-5)8(14(20)22-4)10(16)12(13)18/h6-7,19H,1-5H3. The van der Waals surface area contributed by atoms with Crippen molar-refractivity contribution in [2.24, 2.45) is 5.92 Å². The molecular weight excluding hydrogens is 315 g/mol. The van der Waals surface area contributed by atoms with E-state index in [1.54, 1.807) is 20.8 Å². The largest absolute Gasteiger partial charge is 0.465 e. The number of hydrogen-bond acceptors (Lipinski definition) is 5. The van der Waals surface area contributed by atoms with Gasteiger partial charge in [0.25, 0.3) is 0 Å². The van der Waals surface area contributed by atoms with Crippen molar-refractivity contribution < 1.29 is 32.2 Å². The first-order chi connectivity index (χ1) is 10.7. The molecule has 0 saturated heterocycles. The number of hydrogen-bond donors (Lipinski definition) is 1. The van der Waals surface area contributed by atoms with Gasteiger partial charge in [0.15, 0.2) is 17.5 Å². The number of carbonyl (C=O) groups is 2. The zero-order valence-electron chi connectivity index (χ0n) is 13.4. The average Bonchev–Trinajstić information content (AvgIpc) is 2.52. The molecule has 23 heavy (non-hydrogen) atoms. The van der Waals surface area contributed by atoms with E-state index < -0.39 is 52.2 Å². The predicted octanol–water partition coefficient (Wildman–Crippen LogP) is 3.13. The lowest BCUT2D eigenvalue weighted by Gasteiger charge is -2.21. The van der Waals surface area contributed by atoms with Crippen LogP contribution in [-0.4, -0.2) is 32.2 Å². The molecule has 1 rings (SSSR count). The second-order valence-corrected chi connectivity index (χ2v) is 5.23. The SMILES string of the molecule is COC(=O)c1c(F)c(F)c(NC(C)C(C)C)c(F)c1C(=O)OC. The Morgan fingerprint density at radius 2 is 1.30 bits per heavy atom. The fourth-order valence-corrected chi connectivity index (χ4v) is 1.77. The summed E-state index contributed by atoms with van der Waals surface area (Å²) in [6, 6.07) is -0.423. The number of carbonyl (C=O) groups excluding carboxylic acids is 2. The highest BCUT2D eigenvalue weighted by atomic mass is 19.2. The van der Waals surface area contributed by atoms with E-state index in [9.17, 15) is 22.8 Å². The van der Waals surface area contributed by atoms with Crippen molar-refractivity contribution in [2.75, 3.05) is 19.5 Å². The van der Waals surface area contributed by atoms with Crippen molar-refractivity contribution in [1.82, 2.24) is 0 Å². The van der Waals surface area contributed by atoms with Gasteiger partial charge in [-0.05, 0) is 12.8 Å². The van der Waals surface area contributed by atoms with Gasteiger partial charge in [0.05, 0.1) is 14.2 Å². The number of halogens is 3. The molecule has 1 aromatic rings. The van der Waals surface area contributed by atoms with Crippen LogP contribution in [0.25, 0.3) is 0 Å². The summed E-state index contributed by atoms with van der Waals surface area (Å²) in [7, 11) is 1.82. The maximum atomic E-state index is 14.6. The summed E-state index contributed by atoms with van der Waals surface area (Å²) in [5.41, 5.74) is -2.99. The molecule has 0 amide bonds. The lowest BCUT2D eigenvalue weighted by atomic mass is 10.0. The first-order valence-corrected chi connectivity index (χ1v) is 6.80. The molecular formula is C15H18F3NO4. The highest BCUT2D eigenvalue weighted by Gasteiger charge is 2.34. The van der Waals surface area contributed by atoms with E-state index in [4.69, 9.17) is 0 Å². The Morgan fingerprint density at radius 1 is 0.870 bits per heavy atom. The lowest BCUT2D eigenvalue weighted by molar-refractivity contribution is 0.0545. The van der Waals surface area contributed by atoms with Crippen LogP contribution in [0.1, 0.15) is 41.5 Å². The quantitative estimate of drug-likeness (QED) is 0.662. The van der Waals surface area contributed by atoms with Crippen LogP contribution < -0.4 is 5.32 Å². The van der Waals surface area contributed by atoms with Gasteiger partial charge in [-0.3, -0.25) is 0 Å². The van der Waals surface area contributed by atoms with Crippen LogP contribution >= 0.6 is 0 Å². The van der Waals surface area contributed by atoms with Crippen LogP contribution in [0.5, 0.6) is 0 Å². The molecule has 0 radical (unpaired) electrons. The molecule has 128 valence electrons. The van der Waals surface area contributed by atoms with Crippen LogP contribution in [0.3, 0.4) is 0 Å². The minimum Gasteiger partial charge on any atom is -0.465 e. The summed E-state index contributed by atoms with van der Waals surface area (Å²) < 4.78 is 51.5. The van der Waals surface area contributed by atoms with E-state index in [1.165, 1.54) is 0 Å². The van der Waals surface area contributed by atoms with E-state index in [0.717, 1.165) is 14.2 Å². The summed E-state index contributed by atoms with van der Waals surface area (Å²) in [5.74, 6) is -7.44. The third kappa shape index (κ3) is 3.57. The number of rotatable bonds is 5. The van der Waals surface area contributed by atoms with Crippen molar-refractivity contribution >= 4 is 17.6 Å². The normalized spacial score (nSPS) is 12.0. The zero-order chi connectivity index (χ0) is 17.9. The number of benzene rings is 1. The van der Waals surface area contributed by atoms with Gasteiger partial charge in [-0.25, -0.2) is 22.8 Å². The Morgan fingerprint density at radius 3 is 1.70 bits per heavy atom. The van der Waals surface area contributed by atoms with E-state index in [2.05, 4.69) is 14.8 Å². The number of esters is 2. The van der Waals surface area contributed by atoms with Gasteiger partial charge in [0.2, 0.25) is 0 Å². The number of anilines is 1. The fraction of sp³-hybridized carbons (Fsp3) is 0.467. The highest BCUT2D eigenvalue weighted by Crippen LogP contribution is 2.31. The Balaban J connectivity index is 3.67. The molecule has 0 saturated carbocycles. The third-order valence-corrected chi connectivity index (χ3v) is 3.47. The molecule has 5 nitrogen and oxygen atoms in total. The molecule has 0 aliphatic rings. The minimum atomic E-state index is -1.68. The number of methoxy groups -OCH3 is 2. The predicted molar refractivity (Wildman–Crippen MR) is 76.9 cm³/mol. The van der Waals surface area contributed by atoms with Gasteiger partial charge in [-0.2, -0.15) is 0 Å². The second kappa shape index (κ2) is 7.34. The molecule has 0 heterocycles. The minimum absolute atomic E-state index is 0.0290. The molecule has 1 atom stereocenters. The molecule has 1 N–H and O–H groups in total. The molecule has 0 aromatic heterocycles. The highest BCUT2D eigenvalue weighted by molar-refractivity contribution is 6.04. The first-order valence-electron chi connectivity index (χ1n) is 6.80. The van der Waals surface area contributed by atoms with Crippen molar-refractivity contribution in [3.63, 3.8) is 0 Å². The van der Waals surface area contributed by atoms with E-state index in [1.807, 2.05) is 0 Å². The zero-order valence-corrected chi connectivity index (χ0v) is 13.4. The molecule has 0 aliphatic heterocycles. The van der Waals surface area contributed by atoms with Crippen molar-refractivity contribution in [3.05, 3.63) is 28.6 Å². The van der Waals surface area contributed by atoms with Crippen LogP contribution in [0, 0.1) is 23.4 Å². The number of ether oxygens (including phenoxy) is 2. The molecule has 0 aliphatic carbocycles. The van der Waals surface area contributed by atoms with E-state index in [0.29, 0.717) is 0 Å². The molecule has 0 spiro atoms. The molecule has 0 fully saturated rings. The average molecular weight is 333 g/mol. The molecule has 8 heteroatoms. The molecule has 1 aromatic carbocycles. The van der Waals surface area contributed by atoms with Crippen molar-refractivity contribution in [2.45, 2.75) is 26.8 Å². The van der Waals surface area contributed by atoms with Gasteiger partial charge >= 0.3 is 11.9 Å². The topological polar surface area (TPSA) is 64.6 Å². The Hall–Kier alpha value is -2.25. The summed E-state index contributed by atoms with van der Waals surface area (Å²) >= 11 is 0. The summed E-state index contributed by atoms with van der Waals surface area (Å²) in [6.07, 6.45) is 0. The summed E-state index contributed by atoms with van der Waals surface area (Å²) in [6.45, 7) is 5.20. The molecule has 0 bridgehead atoms. The van der Waals surface area contributed by atoms with Crippen LogP contribution in [0.2, 0.25) is 0 Å². The number of nitrogens with one attached hydrogen (secondary N) is 1. The van der Waals surface area contributed by atoms with Crippen molar-refractivity contribution in [3.8, 4) is 0 Å². The fourth-order valence-electron chi connectivity index (χ4n) is 1.77. The third-order valence-electron chi connectivity index (χ3n) is 3.47. The van der Waals surface area contributed by atoms with Gasteiger partial charge in [0.1, 0.15) is 16.8 Å². The smallest absolute Gasteiger partial charge is 0.341 e. The maximum Gasteiger partial charge on any atom is 0.341 e. The Labute approximate surface area is 131 Å². The monoisotopic (exact) mass is 333 g/mol. The molecule has 1 unspecified atom stereocenters. The van der Waals surface area contributed by atoms with Gasteiger partial charge in [-0.1, -0.05) is 13.8 Å². The Bertz CT molecular complexity index is 632.